The smallest absolute Gasteiger partial charge is 0.324 e. The molecule has 0 bridgehead atoms. The molecule has 1 aliphatic heterocycles. The Morgan fingerprint density at radius 3 is 2.79 bits per heavy atom. The second kappa shape index (κ2) is 5.74. The fourth-order valence-corrected chi connectivity index (χ4v) is 3.20. The molecule has 104 valence electrons. The highest BCUT2D eigenvalue weighted by atomic mass is 16.4. The van der Waals surface area contributed by atoms with Gasteiger partial charge in [-0.2, -0.15) is 0 Å². The largest absolute Gasteiger partial charge is 0.480 e. The maximum atomic E-state index is 11.8. The highest BCUT2D eigenvalue weighted by Gasteiger charge is 2.46. The molecule has 19 heavy (non-hydrogen) atoms. The molecular formula is C16H23NO2. The number of carboxylic acid groups (broad SMARTS) is 1. The Morgan fingerprint density at radius 2 is 2.16 bits per heavy atom. The number of benzene rings is 1. The van der Waals surface area contributed by atoms with Crippen molar-refractivity contribution in [1.29, 1.82) is 0 Å². The monoisotopic (exact) mass is 261 g/mol. The predicted octanol–water partition coefficient (Wildman–Crippen LogP) is 3.21. The third kappa shape index (κ3) is 2.66. The van der Waals surface area contributed by atoms with Crippen LogP contribution >= 0.6 is 0 Å². The Kier molecular flexibility index (Phi) is 4.25. The number of carbonyl (C=O) groups is 1. The predicted molar refractivity (Wildman–Crippen MR) is 76.1 cm³/mol. The minimum atomic E-state index is -0.652. The van der Waals surface area contributed by atoms with Crippen LogP contribution in [0.1, 0.15) is 43.7 Å². The first kappa shape index (κ1) is 14.1. The highest BCUT2D eigenvalue weighted by molar-refractivity contribution is 5.79. The number of likely N-dealkylation sites (tertiary alicyclic amines) is 1. The number of hydrogen-bond acceptors (Lipinski definition) is 2. The number of carboxylic acids is 1. The summed E-state index contributed by atoms with van der Waals surface area (Å²) in [6.45, 7) is 5.79. The molecule has 1 aromatic carbocycles. The van der Waals surface area contributed by atoms with Gasteiger partial charge in [0.1, 0.15) is 5.54 Å². The van der Waals surface area contributed by atoms with Gasteiger partial charge in [-0.25, -0.2) is 0 Å². The van der Waals surface area contributed by atoms with Crippen molar-refractivity contribution >= 4 is 5.97 Å². The van der Waals surface area contributed by atoms with Gasteiger partial charge in [0.2, 0.25) is 0 Å². The molecule has 0 radical (unpaired) electrons. The van der Waals surface area contributed by atoms with Gasteiger partial charge in [0, 0.05) is 6.54 Å². The molecule has 1 N–H and O–H groups in total. The van der Waals surface area contributed by atoms with E-state index in [4.69, 9.17) is 0 Å². The topological polar surface area (TPSA) is 40.5 Å². The van der Waals surface area contributed by atoms with E-state index in [-0.39, 0.29) is 0 Å². The van der Waals surface area contributed by atoms with Gasteiger partial charge in [0.05, 0.1) is 0 Å². The Labute approximate surface area is 115 Å². The van der Waals surface area contributed by atoms with Crippen molar-refractivity contribution in [3.8, 4) is 0 Å². The van der Waals surface area contributed by atoms with Crippen LogP contribution in [-0.4, -0.2) is 28.1 Å². The molecule has 0 spiro atoms. The number of rotatable bonds is 5. The molecule has 1 aliphatic rings. The van der Waals surface area contributed by atoms with Crippen molar-refractivity contribution < 1.29 is 9.90 Å². The summed E-state index contributed by atoms with van der Waals surface area (Å²) in [5.41, 5.74) is 1.84. The average molecular weight is 261 g/mol. The zero-order valence-corrected chi connectivity index (χ0v) is 11.9. The maximum Gasteiger partial charge on any atom is 0.324 e. The third-order valence-electron chi connectivity index (χ3n) is 4.31. The van der Waals surface area contributed by atoms with Crippen LogP contribution in [-0.2, 0) is 11.3 Å². The van der Waals surface area contributed by atoms with E-state index < -0.39 is 11.5 Å². The molecule has 3 heteroatoms. The standard InChI is InChI=1S/C16H23NO2/c1-3-9-16(15(18)19)10-6-11-17(16)12-14-8-5-4-7-13(14)2/h4-5,7-8H,3,6,9-12H2,1-2H3,(H,18,19). The molecule has 0 aliphatic carbocycles. The van der Waals surface area contributed by atoms with Crippen molar-refractivity contribution in [1.82, 2.24) is 4.90 Å². The highest BCUT2D eigenvalue weighted by Crippen LogP contribution is 2.35. The lowest BCUT2D eigenvalue weighted by Gasteiger charge is -2.35. The van der Waals surface area contributed by atoms with Crippen LogP contribution in [0.15, 0.2) is 24.3 Å². The lowest BCUT2D eigenvalue weighted by Crippen LogP contribution is -2.50. The molecule has 1 saturated heterocycles. The van der Waals surface area contributed by atoms with E-state index in [1.807, 2.05) is 12.1 Å². The molecule has 2 rings (SSSR count). The lowest BCUT2D eigenvalue weighted by molar-refractivity contribution is -0.150. The summed E-state index contributed by atoms with van der Waals surface area (Å²) in [4.78, 5) is 13.9. The van der Waals surface area contributed by atoms with Gasteiger partial charge in [-0.1, -0.05) is 37.6 Å². The van der Waals surface area contributed by atoms with Crippen molar-refractivity contribution in [2.45, 2.75) is 51.6 Å². The summed E-state index contributed by atoms with van der Waals surface area (Å²) in [6.07, 6.45) is 3.42. The molecule has 1 heterocycles. The van der Waals surface area contributed by atoms with Crippen LogP contribution < -0.4 is 0 Å². The molecule has 0 amide bonds. The normalized spacial score (nSPS) is 23.7. The van der Waals surface area contributed by atoms with E-state index in [1.165, 1.54) is 11.1 Å². The van der Waals surface area contributed by atoms with E-state index in [2.05, 4.69) is 30.9 Å². The van der Waals surface area contributed by atoms with E-state index in [1.54, 1.807) is 0 Å². The van der Waals surface area contributed by atoms with Crippen molar-refractivity contribution in [3.63, 3.8) is 0 Å². The van der Waals surface area contributed by atoms with Crippen LogP contribution in [0.5, 0.6) is 0 Å². The zero-order valence-electron chi connectivity index (χ0n) is 11.9. The number of aliphatic carboxylic acids is 1. The molecule has 0 aromatic heterocycles. The quantitative estimate of drug-likeness (QED) is 0.884. The molecule has 0 saturated carbocycles. The Balaban J connectivity index is 2.23. The maximum absolute atomic E-state index is 11.8. The van der Waals surface area contributed by atoms with Crippen LogP contribution in [0.4, 0.5) is 0 Å². The summed E-state index contributed by atoms with van der Waals surface area (Å²) in [7, 11) is 0. The van der Waals surface area contributed by atoms with Crippen LogP contribution in [0.2, 0.25) is 0 Å². The van der Waals surface area contributed by atoms with Crippen LogP contribution in [0.25, 0.3) is 0 Å². The summed E-state index contributed by atoms with van der Waals surface area (Å²) in [5, 5.41) is 9.67. The minimum Gasteiger partial charge on any atom is -0.480 e. The second-order valence-electron chi connectivity index (χ2n) is 5.54. The van der Waals surface area contributed by atoms with Gasteiger partial charge >= 0.3 is 5.97 Å². The number of hydrogen-bond donors (Lipinski definition) is 1. The zero-order chi connectivity index (χ0) is 13.9. The van der Waals surface area contributed by atoms with E-state index in [9.17, 15) is 9.90 Å². The third-order valence-corrected chi connectivity index (χ3v) is 4.31. The first-order chi connectivity index (χ1) is 9.10. The molecular weight excluding hydrogens is 238 g/mol. The van der Waals surface area contributed by atoms with E-state index in [0.29, 0.717) is 0 Å². The summed E-state index contributed by atoms with van der Waals surface area (Å²) >= 11 is 0. The Hall–Kier alpha value is -1.35. The summed E-state index contributed by atoms with van der Waals surface area (Å²) < 4.78 is 0. The van der Waals surface area contributed by atoms with E-state index >= 15 is 0 Å². The van der Waals surface area contributed by atoms with Crippen LogP contribution in [0.3, 0.4) is 0 Å². The summed E-state index contributed by atoms with van der Waals surface area (Å²) in [5.74, 6) is -0.652. The second-order valence-corrected chi connectivity index (χ2v) is 5.54. The molecule has 1 atom stereocenters. The molecule has 1 unspecified atom stereocenters. The van der Waals surface area contributed by atoms with Crippen LogP contribution in [0, 0.1) is 6.92 Å². The molecule has 1 aromatic rings. The Bertz CT molecular complexity index is 458. The van der Waals surface area contributed by atoms with Crippen molar-refractivity contribution in [2.24, 2.45) is 0 Å². The first-order valence-electron chi connectivity index (χ1n) is 7.13. The van der Waals surface area contributed by atoms with Gasteiger partial charge in [-0.3, -0.25) is 9.69 Å². The van der Waals surface area contributed by atoms with Gasteiger partial charge in [-0.05, 0) is 43.9 Å². The van der Waals surface area contributed by atoms with Gasteiger partial charge in [0.25, 0.3) is 0 Å². The van der Waals surface area contributed by atoms with E-state index in [0.717, 1.165) is 38.8 Å². The Morgan fingerprint density at radius 1 is 1.42 bits per heavy atom. The number of nitrogens with zero attached hydrogens (tertiary/aromatic N) is 1. The van der Waals surface area contributed by atoms with Gasteiger partial charge in [0.15, 0.2) is 0 Å². The minimum absolute atomic E-state index is 0.642. The molecule has 3 nitrogen and oxygen atoms in total. The first-order valence-corrected chi connectivity index (χ1v) is 7.13. The fraction of sp³-hybridized carbons (Fsp3) is 0.562. The SMILES string of the molecule is CCCC1(C(=O)O)CCCN1Cc1ccccc1C. The lowest BCUT2D eigenvalue weighted by atomic mass is 9.90. The van der Waals surface area contributed by atoms with Crippen molar-refractivity contribution in [3.05, 3.63) is 35.4 Å². The summed E-state index contributed by atoms with van der Waals surface area (Å²) in [6, 6.07) is 8.25. The van der Waals surface area contributed by atoms with Crippen molar-refractivity contribution in [2.75, 3.05) is 6.54 Å². The molecule has 1 fully saturated rings. The average Bonchev–Trinajstić information content (AvgIpc) is 2.77. The van der Waals surface area contributed by atoms with Gasteiger partial charge < -0.3 is 5.11 Å². The van der Waals surface area contributed by atoms with Gasteiger partial charge in [-0.15, -0.1) is 0 Å². The number of aryl methyl sites for hydroxylation is 1. The fourth-order valence-electron chi connectivity index (χ4n) is 3.20.